The number of rotatable bonds is 3. The van der Waals surface area contributed by atoms with Crippen LogP contribution in [0.15, 0.2) is 48.7 Å². The van der Waals surface area contributed by atoms with Gasteiger partial charge in [0.1, 0.15) is 5.82 Å². The highest BCUT2D eigenvalue weighted by Crippen LogP contribution is 2.25. The van der Waals surface area contributed by atoms with E-state index in [1.54, 1.807) is 12.1 Å². The lowest BCUT2D eigenvalue weighted by atomic mass is 10.2. The van der Waals surface area contributed by atoms with Crippen LogP contribution in [-0.4, -0.2) is 9.67 Å². The summed E-state index contributed by atoms with van der Waals surface area (Å²) in [4.78, 5) is 0. The third-order valence-corrected chi connectivity index (χ3v) is 3.57. The van der Waals surface area contributed by atoms with Crippen molar-refractivity contribution >= 4 is 22.5 Å². The molecule has 1 heterocycles. The number of hydrogen-bond donors (Lipinski definition) is 1. The molecule has 4 heteroatoms. The molecule has 0 saturated carbocycles. The summed E-state index contributed by atoms with van der Waals surface area (Å²) in [6.45, 7) is 0.503. The first-order valence-electron chi connectivity index (χ1n) is 6.30. The summed E-state index contributed by atoms with van der Waals surface area (Å²) in [5.41, 5.74) is 2.64. The number of aromatic nitrogens is 1. The molecule has 0 fully saturated rings. The summed E-state index contributed by atoms with van der Waals surface area (Å²) in [6.07, 6.45) is 1.88. The van der Waals surface area contributed by atoms with Crippen LogP contribution < -0.4 is 0 Å². The average Bonchev–Trinajstić information content (AvgIpc) is 2.76. The lowest BCUT2D eigenvalue weighted by Gasteiger charge is -2.06. The second kappa shape index (κ2) is 5.27. The van der Waals surface area contributed by atoms with Crippen molar-refractivity contribution in [3.8, 4) is 0 Å². The van der Waals surface area contributed by atoms with Crippen LogP contribution in [0, 0.1) is 5.82 Å². The number of aliphatic hydroxyl groups excluding tert-OH is 1. The highest BCUT2D eigenvalue weighted by molar-refractivity contribution is 6.31. The van der Waals surface area contributed by atoms with Gasteiger partial charge in [0.15, 0.2) is 0 Å². The topological polar surface area (TPSA) is 25.2 Å². The maximum atomic E-state index is 13.2. The quantitative estimate of drug-likeness (QED) is 0.775. The van der Waals surface area contributed by atoms with E-state index in [0.29, 0.717) is 11.6 Å². The van der Waals surface area contributed by atoms with Gasteiger partial charge in [-0.3, -0.25) is 0 Å². The first-order valence-corrected chi connectivity index (χ1v) is 6.68. The van der Waals surface area contributed by atoms with Crippen molar-refractivity contribution in [2.75, 3.05) is 0 Å². The number of halogens is 2. The molecule has 1 aromatic heterocycles. The van der Waals surface area contributed by atoms with E-state index in [1.807, 2.05) is 29.0 Å². The van der Waals surface area contributed by atoms with Crippen molar-refractivity contribution in [2.45, 2.75) is 13.2 Å². The van der Waals surface area contributed by atoms with Gasteiger partial charge in [-0.1, -0.05) is 29.8 Å². The first kappa shape index (κ1) is 13.2. The van der Waals surface area contributed by atoms with E-state index in [9.17, 15) is 9.50 Å². The fourth-order valence-corrected chi connectivity index (χ4v) is 2.60. The van der Waals surface area contributed by atoms with Gasteiger partial charge in [0, 0.05) is 28.7 Å². The fourth-order valence-electron chi connectivity index (χ4n) is 2.43. The lowest BCUT2D eigenvalue weighted by Crippen LogP contribution is -1.98. The molecule has 102 valence electrons. The zero-order valence-corrected chi connectivity index (χ0v) is 11.4. The number of benzene rings is 2. The second-order valence-electron chi connectivity index (χ2n) is 4.73. The summed E-state index contributed by atoms with van der Waals surface area (Å²) in [6, 6.07) is 12.0. The van der Waals surface area contributed by atoms with Crippen LogP contribution in [0.5, 0.6) is 0 Å². The summed E-state index contributed by atoms with van der Waals surface area (Å²) in [7, 11) is 0. The largest absolute Gasteiger partial charge is 0.392 e. The number of aliphatic hydroxyl groups is 1. The summed E-state index contributed by atoms with van der Waals surface area (Å²) < 4.78 is 15.2. The van der Waals surface area contributed by atoms with Crippen molar-refractivity contribution in [3.05, 3.63) is 70.6 Å². The maximum Gasteiger partial charge on any atom is 0.123 e. The molecule has 0 unspecified atom stereocenters. The fraction of sp³-hybridized carbons (Fsp3) is 0.125. The molecule has 0 atom stereocenters. The minimum atomic E-state index is -0.251. The molecule has 0 amide bonds. The van der Waals surface area contributed by atoms with E-state index in [4.69, 9.17) is 11.6 Å². The normalized spacial score (nSPS) is 11.2. The zero-order valence-electron chi connectivity index (χ0n) is 10.7. The molecule has 0 aliphatic heterocycles. The molecule has 0 spiro atoms. The third-order valence-electron chi connectivity index (χ3n) is 3.34. The minimum absolute atomic E-state index is 0.0334. The molecule has 20 heavy (non-hydrogen) atoms. The second-order valence-corrected chi connectivity index (χ2v) is 5.17. The van der Waals surface area contributed by atoms with Gasteiger partial charge in [-0.25, -0.2) is 4.39 Å². The summed E-state index contributed by atoms with van der Waals surface area (Å²) in [5, 5.41) is 11.0. The van der Waals surface area contributed by atoms with Crippen LogP contribution in [-0.2, 0) is 13.2 Å². The molecule has 2 aromatic carbocycles. The monoisotopic (exact) mass is 289 g/mol. The molecule has 0 aliphatic rings. The molecule has 2 nitrogen and oxygen atoms in total. The van der Waals surface area contributed by atoms with Crippen LogP contribution >= 0.6 is 11.6 Å². The predicted octanol–water partition coefficient (Wildman–Crippen LogP) is 3.97. The maximum absolute atomic E-state index is 13.2. The molecule has 0 aliphatic carbocycles. The third kappa shape index (κ3) is 2.42. The number of hydrogen-bond acceptors (Lipinski definition) is 1. The Morgan fingerprint density at radius 1 is 1.15 bits per heavy atom. The molecule has 0 saturated heterocycles. The van der Waals surface area contributed by atoms with Crippen LogP contribution in [0.1, 0.15) is 11.1 Å². The highest BCUT2D eigenvalue weighted by Gasteiger charge is 2.09. The van der Waals surface area contributed by atoms with E-state index < -0.39 is 0 Å². The van der Waals surface area contributed by atoms with Crippen molar-refractivity contribution < 1.29 is 9.50 Å². The average molecular weight is 290 g/mol. The summed E-state index contributed by atoms with van der Waals surface area (Å²) >= 11 is 6.04. The number of nitrogens with zero attached hydrogens (tertiary/aromatic N) is 1. The van der Waals surface area contributed by atoms with Gasteiger partial charge in [-0.05, 0) is 29.8 Å². The molecule has 0 radical (unpaired) electrons. The predicted molar refractivity (Wildman–Crippen MR) is 78.4 cm³/mol. The van der Waals surface area contributed by atoms with Crippen LogP contribution in [0.25, 0.3) is 10.9 Å². The van der Waals surface area contributed by atoms with Gasteiger partial charge in [-0.2, -0.15) is 0 Å². The molecule has 3 rings (SSSR count). The van der Waals surface area contributed by atoms with E-state index in [1.165, 1.54) is 12.1 Å². The van der Waals surface area contributed by atoms with Gasteiger partial charge >= 0.3 is 0 Å². The van der Waals surface area contributed by atoms with E-state index >= 15 is 0 Å². The van der Waals surface area contributed by atoms with Crippen LogP contribution in [0.2, 0.25) is 5.02 Å². The molecule has 3 aromatic rings. The van der Waals surface area contributed by atoms with Gasteiger partial charge in [0.2, 0.25) is 0 Å². The molecule has 1 N–H and O–H groups in total. The first-order chi connectivity index (χ1) is 9.67. The summed E-state index contributed by atoms with van der Waals surface area (Å²) in [5.74, 6) is -0.251. The Balaban J connectivity index is 2.09. The Bertz CT molecular complexity index is 766. The lowest BCUT2D eigenvalue weighted by molar-refractivity contribution is 0.283. The van der Waals surface area contributed by atoms with Crippen molar-refractivity contribution in [1.82, 2.24) is 4.57 Å². The smallest absolute Gasteiger partial charge is 0.123 e. The Morgan fingerprint density at radius 3 is 2.75 bits per heavy atom. The highest BCUT2D eigenvalue weighted by atomic mass is 35.5. The van der Waals surface area contributed by atoms with Gasteiger partial charge in [-0.15, -0.1) is 0 Å². The van der Waals surface area contributed by atoms with Gasteiger partial charge in [0.25, 0.3) is 0 Å². The molecular weight excluding hydrogens is 277 g/mol. The van der Waals surface area contributed by atoms with Crippen molar-refractivity contribution in [2.24, 2.45) is 0 Å². The SMILES string of the molecule is OCc1cn(Cc2cccc(F)c2)c2cc(Cl)ccc12. The van der Waals surface area contributed by atoms with E-state index in [-0.39, 0.29) is 12.4 Å². The van der Waals surface area contributed by atoms with Crippen molar-refractivity contribution in [1.29, 1.82) is 0 Å². The Morgan fingerprint density at radius 2 is 2.00 bits per heavy atom. The molecule has 0 bridgehead atoms. The van der Waals surface area contributed by atoms with Crippen LogP contribution in [0.4, 0.5) is 4.39 Å². The number of fused-ring (bicyclic) bond motifs is 1. The van der Waals surface area contributed by atoms with Gasteiger partial charge in [0.05, 0.1) is 12.1 Å². The van der Waals surface area contributed by atoms with Crippen LogP contribution in [0.3, 0.4) is 0 Å². The Labute approximate surface area is 121 Å². The Kier molecular flexibility index (Phi) is 3.47. The van der Waals surface area contributed by atoms with Crippen molar-refractivity contribution in [3.63, 3.8) is 0 Å². The molecular formula is C16H13ClFNO. The minimum Gasteiger partial charge on any atom is -0.392 e. The van der Waals surface area contributed by atoms with E-state index in [2.05, 4.69) is 0 Å². The van der Waals surface area contributed by atoms with Gasteiger partial charge < -0.3 is 9.67 Å². The Hall–Kier alpha value is -1.84. The zero-order chi connectivity index (χ0) is 14.1. The standard InChI is InChI=1S/C16H13ClFNO/c17-13-4-5-15-12(10-20)9-19(16(15)7-13)8-11-2-1-3-14(18)6-11/h1-7,9,20H,8,10H2. The van der Waals surface area contributed by atoms with E-state index in [0.717, 1.165) is 22.0 Å².